The molecule has 0 fully saturated rings. The number of methoxy groups -OCH3 is 1. The summed E-state index contributed by atoms with van der Waals surface area (Å²) in [6.45, 7) is 2.51. The summed E-state index contributed by atoms with van der Waals surface area (Å²) in [6.07, 6.45) is 5.32. The average Bonchev–Trinajstić information content (AvgIpc) is 3.33. The SMILES string of the molecule is COc1cc([C@@H]2Nc3ccc(C(=O)O)cc3[C@@H]3C=CC[C@@H]32)cc(Br)c1OCc1ccc(C)cc1. The number of benzene rings is 3. The Labute approximate surface area is 207 Å². The van der Waals surface area contributed by atoms with E-state index in [1.54, 1.807) is 19.2 Å². The van der Waals surface area contributed by atoms with Gasteiger partial charge in [-0.1, -0.05) is 42.0 Å². The summed E-state index contributed by atoms with van der Waals surface area (Å²) < 4.78 is 12.7. The summed E-state index contributed by atoms with van der Waals surface area (Å²) in [6, 6.07) is 17.8. The van der Waals surface area contributed by atoms with Crippen LogP contribution in [0.4, 0.5) is 5.69 Å². The minimum absolute atomic E-state index is 0.0551. The van der Waals surface area contributed by atoms with E-state index in [-0.39, 0.29) is 17.9 Å². The number of fused-ring (bicyclic) bond motifs is 3. The van der Waals surface area contributed by atoms with Gasteiger partial charge in [0.05, 0.1) is 23.2 Å². The van der Waals surface area contributed by atoms with Crippen LogP contribution >= 0.6 is 15.9 Å². The number of ether oxygens (including phenoxy) is 2. The third-order valence-corrected chi connectivity index (χ3v) is 7.31. The third-order valence-electron chi connectivity index (χ3n) is 6.72. The van der Waals surface area contributed by atoms with Gasteiger partial charge in [-0.15, -0.1) is 0 Å². The molecule has 3 aromatic rings. The largest absolute Gasteiger partial charge is 0.493 e. The molecule has 5 nitrogen and oxygen atoms in total. The highest BCUT2D eigenvalue weighted by molar-refractivity contribution is 9.10. The number of aryl methyl sites for hydroxylation is 1. The number of hydrogen-bond donors (Lipinski definition) is 2. The minimum atomic E-state index is -0.904. The van der Waals surface area contributed by atoms with Gasteiger partial charge in [0.25, 0.3) is 0 Å². The van der Waals surface area contributed by atoms with Gasteiger partial charge in [-0.05, 0) is 82.2 Å². The second-order valence-electron chi connectivity index (χ2n) is 8.89. The van der Waals surface area contributed by atoms with Gasteiger partial charge in [0, 0.05) is 11.6 Å². The van der Waals surface area contributed by atoms with Crippen LogP contribution in [0, 0.1) is 12.8 Å². The molecule has 34 heavy (non-hydrogen) atoms. The molecule has 0 saturated heterocycles. The van der Waals surface area contributed by atoms with Crippen LogP contribution in [0.3, 0.4) is 0 Å². The fourth-order valence-corrected chi connectivity index (χ4v) is 5.53. The van der Waals surface area contributed by atoms with Crippen molar-refractivity contribution in [2.75, 3.05) is 12.4 Å². The number of carbonyl (C=O) groups is 1. The Bertz CT molecular complexity index is 1270. The molecule has 0 aromatic heterocycles. The summed E-state index contributed by atoms with van der Waals surface area (Å²) in [7, 11) is 1.65. The first-order valence-electron chi connectivity index (χ1n) is 11.3. The van der Waals surface area contributed by atoms with E-state index in [1.165, 1.54) is 5.56 Å². The molecular weight excluding hydrogens is 494 g/mol. The summed E-state index contributed by atoms with van der Waals surface area (Å²) in [5.74, 6) is 0.900. The summed E-state index contributed by atoms with van der Waals surface area (Å²) in [5, 5.41) is 13.1. The van der Waals surface area contributed by atoms with Crippen molar-refractivity contribution in [1.82, 2.24) is 0 Å². The van der Waals surface area contributed by atoms with Gasteiger partial charge in [-0.2, -0.15) is 0 Å². The molecule has 0 unspecified atom stereocenters. The Morgan fingerprint density at radius 3 is 2.68 bits per heavy atom. The third kappa shape index (κ3) is 4.18. The van der Waals surface area contributed by atoms with E-state index >= 15 is 0 Å². The Kier molecular flexibility index (Phi) is 6.09. The molecule has 2 N–H and O–H groups in total. The second-order valence-corrected chi connectivity index (χ2v) is 9.75. The molecule has 5 rings (SSSR count). The molecule has 0 saturated carbocycles. The number of hydrogen-bond acceptors (Lipinski definition) is 4. The standard InChI is InChI=1S/C28H26BrNO4/c1-16-6-8-17(9-7-16)15-34-27-23(29)13-19(14-25(27)33-2)26-21-5-3-4-20(21)22-12-18(28(31)32)10-11-24(22)30-26/h3-4,6-14,20-21,26,30H,5,15H2,1-2H3,(H,31,32)/t20-,21+,26+/m1/s1. The van der Waals surface area contributed by atoms with E-state index in [9.17, 15) is 9.90 Å². The van der Waals surface area contributed by atoms with Crippen LogP contribution in [-0.4, -0.2) is 18.2 Å². The van der Waals surface area contributed by atoms with Crippen LogP contribution in [0.5, 0.6) is 11.5 Å². The van der Waals surface area contributed by atoms with Crippen LogP contribution in [-0.2, 0) is 6.61 Å². The van der Waals surface area contributed by atoms with E-state index < -0.39 is 5.97 Å². The van der Waals surface area contributed by atoms with Crippen LogP contribution in [0.25, 0.3) is 0 Å². The lowest BCUT2D eigenvalue weighted by molar-refractivity contribution is 0.0696. The zero-order valence-electron chi connectivity index (χ0n) is 19.0. The zero-order valence-corrected chi connectivity index (χ0v) is 20.6. The Balaban J connectivity index is 1.45. The summed E-state index contributed by atoms with van der Waals surface area (Å²) >= 11 is 3.71. The van der Waals surface area contributed by atoms with Gasteiger partial charge >= 0.3 is 5.97 Å². The predicted octanol–water partition coefficient (Wildman–Crippen LogP) is 6.87. The number of nitrogens with one attached hydrogen (secondary N) is 1. The fraction of sp³-hybridized carbons (Fsp3) is 0.250. The maximum absolute atomic E-state index is 11.5. The molecule has 6 heteroatoms. The molecule has 3 atom stereocenters. The smallest absolute Gasteiger partial charge is 0.335 e. The Morgan fingerprint density at radius 1 is 1.15 bits per heavy atom. The molecule has 0 bridgehead atoms. The number of rotatable bonds is 6. The first kappa shape index (κ1) is 22.5. The van der Waals surface area contributed by atoms with E-state index in [1.807, 2.05) is 12.1 Å². The molecule has 0 radical (unpaired) electrons. The van der Waals surface area contributed by atoms with Crippen LogP contribution in [0.15, 0.2) is 71.2 Å². The fourth-order valence-electron chi connectivity index (χ4n) is 4.96. The van der Waals surface area contributed by atoms with Crippen molar-refractivity contribution in [3.05, 3.63) is 99.0 Å². The lowest BCUT2D eigenvalue weighted by Crippen LogP contribution is -2.29. The Hall–Kier alpha value is -3.25. The average molecular weight is 520 g/mol. The van der Waals surface area contributed by atoms with Gasteiger partial charge in [0.1, 0.15) is 6.61 Å². The van der Waals surface area contributed by atoms with Gasteiger partial charge in [-0.25, -0.2) is 4.79 Å². The van der Waals surface area contributed by atoms with Crippen LogP contribution < -0.4 is 14.8 Å². The molecule has 0 amide bonds. The second kappa shape index (κ2) is 9.18. The molecule has 174 valence electrons. The first-order chi connectivity index (χ1) is 16.4. The predicted molar refractivity (Wildman–Crippen MR) is 136 cm³/mol. The summed E-state index contributed by atoms with van der Waals surface area (Å²) in [4.78, 5) is 11.5. The molecule has 1 aliphatic carbocycles. The minimum Gasteiger partial charge on any atom is -0.493 e. The van der Waals surface area contributed by atoms with Gasteiger partial charge in [0.2, 0.25) is 0 Å². The van der Waals surface area contributed by atoms with Gasteiger partial charge in [-0.3, -0.25) is 0 Å². The normalized spacial score (nSPS) is 20.3. The van der Waals surface area contributed by atoms with Crippen molar-refractivity contribution in [2.24, 2.45) is 5.92 Å². The highest BCUT2D eigenvalue weighted by Gasteiger charge is 2.38. The van der Waals surface area contributed by atoms with E-state index in [0.29, 0.717) is 23.7 Å². The van der Waals surface area contributed by atoms with E-state index in [2.05, 4.69) is 70.7 Å². The number of carboxylic acid groups (broad SMARTS) is 1. The zero-order chi connectivity index (χ0) is 23.8. The first-order valence-corrected chi connectivity index (χ1v) is 12.1. The lowest BCUT2D eigenvalue weighted by atomic mass is 9.76. The van der Waals surface area contributed by atoms with Crippen molar-refractivity contribution in [3.63, 3.8) is 0 Å². The number of allylic oxidation sites excluding steroid dienone is 2. The topological polar surface area (TPSA) is 67.8 Å². The molecule has 3 aromatic carbocycles. The van der Waals surface area contributed by atoms with Crippen molar-refractivity contribution in [1.29, 1.82) is 0 Å². The summed E-state index contributed by atoms with van der Waals surface area (Å²) in [5.41, 5.74) is 5.73. The lowest BCUT2D eigenvalue weighted by Gasteiger charge is -2.38. The molecule has 1 heterocycles. The van der Waals surface area contributed by atoms with Gasteiger partial charge in [0.15, 0.2) is 11.5 Å². The number of anilines is 1. The van der Waals surface area contributed by atoms with Gasteiger partial charge < -0.3 is 19.9 Å². The number of aromatic carboxylic acids is 1. The molecule has 1 aliphatic heterocycles. The number of halogens is 1. The van der Waals surface area contributed by atoms with Crippen molar-refractivity contribution >= 4 is 27.6 Å². The van der Waals surface area contributed by atoms with Crippen molar-refractivity contribution in [3.8, 4) is 11.5 Å². The maximum atomic E-state index is 11.5. The number of carboxylic acids is 1. The monoisotopic (exact) mass is 519 g/mol. The van der Waals surface area contributed by atoms with E-state index in [4.69, 9.17) is 9.47 Å². The van der Waals surface area contributed by atoms with Crippen molar-refractivity contribution < 1.29 is 19.4 Å². The maximum Gasteiger partial charge on any atom is 0.335 e. The molecular formula is C28H26BrNO4. The van der Waals surface area contributed by atoms with Crippen LogP contribution in [0.1, 0.15) is 51.0 Å². The highest BCUT2D eigenvalue weighted by Crippen LogP contribution is 2.51. The molecule has 0 spiro atoms. The quantitative estimate of drug-likeness (QED) is 0.347. The van der Waals surface area contributed by atoms with Crippen LogP contribution in [0.2, 0.25) is 0 Å². The molecule has 2 aliphatic rings. The van der Waals surface area contributed by atoms with Crippen molar-refractivity contribution in [2.45, 2.75) is 31.9 Å². The Morgan fingerprint density at radius 2 is 1.94 bits per heavy atom. The highest BCUT2D eigenvalue weighted by atomic mass is 79.9. The van der Waals surface area contributed by atoms with E-state index in [0.717, 1.165) is 33.3 Å².